The third-order valence-corrected chi connectivity index (χ3v) is 3.05. The lowest BCUT2D eigenvalue weighted by molar-refractivity contribution is 0.179. The summed E-state index contributed by atoms with van der Waals surface area (Å²) in [6.45, 7) is 5.01. The van der Waals surface area contributed by atoms with Crippen LogP contribution in [0.2, 0.25) is 0 Å². The summed E-state index contributed by atoms with van der Waals surface area (Å²) in [6, 6.07) is 7.85. The third-order valence-electron chi connectivity index (χ3n) is 3.05. The standard InChI is InChI=1S/C13H18N2O2/c1-9(2)11-5-3-4-6-12(11)15-10(7-14)8-17-13(15)16/h3-6,9-10H,7-8,14H2,1-2H3. The minimum atomic E-state index is -0.298. The summed E-state index contributed by atoms with van der Waals surface area (Å²) >= 11 is 0. The van der Waals surface area contributed by atoms with Crippen molar-refractivity contribution in [2.45, 2.75) is 25.8 Å². The molecule has 2 rings (SSSR count). The Kier molecular flexibility index (Phi) is 3.33. The van der Waals surface area contributed by atoms with E-state index in [0.717, 1.165) is 11.3 Å². The lowest BCUT2D eigenvalue weighted by Crippen LogP contribution is -2.39. The van der Waals surface area contributed by atoms with Gasteiger partial charge < -0.3 is 10.5 Å². The molecule has 92 valence electrons. The van der Waals surface area contributed by atoms with E-state index in [9.17, 15) is 4.79 Å². The van der Waals surface area contributed by atoms with Crippen LogP contribution in [0.15, 0.2) is 24.3 Å². The van der Waals surface area contributed by atoms with Crippen LogP contribution >= 0.6 is 0 Å². The lowest BCUT2D eigenvalue weighted by Gasteiger charge is -2.24. The number of carbonyl (C=O) groups is 1. The molecule has 0 spiro atoms. The Hall–Kier alpha value is -1.55. The topological polar surface area (TPSA) is 55.6 Å². The second-order valence-corrected chi connectivity index (χ2v) is 4.55. The van der Waals surface area contributed by atoms with Gasteiger partial charge in [0, 0.05) is 6.54 Å². The second kappa shape index (κ2) is 4.75. The number of nitrogens with zero attached hydrogens (tertiary/aromatic N) is 1. The van der Waals surface area contributed by atoms with Crippen LogP contribution in [0.5, 0.6) is 0 Å². The molecule has 0 radical (unpaired) electrons. The van der Waals surface area contributed by atoms with Crippen LogP contribution < -0.4 is 10.6 Å². The molecule has 1 aromatic carbocycles. The SMILES string of the molecule is CC(C)c1ccccc1N1C(=O)OCC1CN. The molecular formula is C13H18N2O2. The summed E-state index contributed by atoms with van der Waals surface area (Å²) in [5.74, 6) is 0.359. The fourth-order valence-electron chi connectivity index (χ4n) is 2.12. The zero-order valence-electron chi connectivity index (χ0n) is 10.2. The molecule has 0 aromatic heterocycles. The Morgan fingerprint density at radius 1 is 1.47 bits per heavy atom. The van der Waals surface area contributed by atoms with E-state index in [1.165, 1.54) is 0 Å². The van der Waals surface area contributed by atoms with Crippen LogP contribution in [0.3, 0.4) is 0 Å². The first-order valence-corrected chi connectivity index (χ1v) is 5.90. The number of anilines is 1. The van der Waals surface area contributed by atoms with Crippen molar-refractivity contribution in [3.05, 3.63) is 29.8 Å². The summed E-state index contributed by atoms with van der Waals surface area (Å²) < 4.78 is 5.07. The molecule has 4 heteroatoms. The Bertz CT molecular complexity index is 418. The van der Waals surface area contributed by atoms with E-state index >= 15 is 0 Å². The molecule has 0 saturated carbocycles. The first-order valence-electron chi connectivity index (χ1n) is 5.90. The van der Waals surface area contributed by atoms with Crippen molar-refractivity contribution < 1.29 is 9.53 Å². The van der Waals surface area contributed by atoms with Crippen LogP contribution in [0, 0.1) is 0 Å². The van der Waals surface area contributed by atoms with Gasteiger partial charge in [-0.15, -0.1) is 0 Å². The number of nitrogens with two attached hydrogens (primary N) is 1. The minimum Gasteiger partial charge on any atom is -0.447 e. The highest BCUT2D eigenvalue weighted by Gasteiger charge is 2.34. The number of ether oxygens (including phenoxy) is 1. The molecule has 2 N–H and O–H groups in total. The normalized spacial score (nSPS) is 19.9. The van der Waals surface area contributed by atoms with Gasteiger partial charge in [0.15, 0.2) is 0 Å². The van der Waals surface area contributed by atoms with Gasteiger partial charge in [0.2, 0.25) is 0 Å². The number of hydrogen-bond donors (Lipinski definition) is 1. The summed E-state index contributed by atoms with van der Waals surface area (Å²) in [7, 11) is 0. The Labute approximate surface area is 101 Å². The van der Waals surface area contributed by atoms with Crippen LogP contribution in [0.1, 0.15) is 25.3 Å². The zero-order chi connectivity index (χ0) is 12.4. The molecule has 1 aliphatic heterocycles. The molecule has 4 nitrogen and oxygen atoms in total. The second-order valence-electron chi connectivity index (χ2n) is 4.55. The molecule has 1 heterocycles. The predicted molar refractivity (Wildman–Crippen MR) is 67.2 cm³/mol. The highest BCUT2D eigenvalue weighted by molar-refractivity contribution is 5.91. The van der Waals surface area contributed by atoms with Crippen LogP contribution in [0.25, 0.3) is 0 Å². The smallest absolute Gasteiger partial charge is 0.414 e. The van der Waals surface area contributed by atoms with Crippen molar-refractivity contribution in [3.8, 4) is 0 Å². The van der Waals surface area contributed by atoms with E-state index in [-0.39, 0.29) is 12.1 Å². The van der Waals surface area contributed by atoms with Gasteiger partial charge in [-0.3, -0.25) is 4.90 Å². The summed E-state index contributed by atoms with van der Waals surface area (Å²) in [5.41, 5.74) is 7.74. The van der Waals surface area contributed by atoms with Gasteiger partial charge >= 0.3 is 6.09 Å². The van der Waals surface area contributed by atoms with Crippen molar-refractivity contribution in [1.82, 2.24) is 0 Å². The molecule has 1 atom stereocenters. The van der Waals surface area contributed by atoms with Gasteiger partial charge in [-0.25, -0.2) is 4.79 Å². The van der Waals surface area contributed by atoms with Gasteiger partial charge in [0.1, 0.15) is 6.61 Å². The predicted octanol–water partition coefficient (Wildman–Crippen LogP) is 2.09. The van der Waals surface area contributed by atoms with Gasteiger partial charge in [0.25, 0.3) is 0 Å². The number of hydrogen-bond acceptors (Lipinski definition) is 3. The molecule has 1 aliphatic rings. The van der Waals surface area contributed by atoms with Crippen LogP contribution in [-0.4, -0.2) is 25.3 Å². The van der Waals surface area contributed by atoms with Gasteiger partial charge in [-0.2, -0.15) is 0 Å². The van der Waals surface area contributed by atoms with E-state index in [0.29, 0.717) is 19.1 Å². The lowest BCUT2D eigenvalue weighted by atomic mass is 10.00. The number of carbonyl (C=O) groups excluding carboxylic acids is 1. The van der Waals surface area contributed by atoms with E-state index in [2.05, 4.69) is 13.8 Å². The molecule has 1 fully saturated rings. The number of cyclic esters (lactones) is 1. The van der Waals surface area contributed by atoms with E-state index in [4.69, 9.17) is 10.5 Å². The maximum atomic E-state index is 11.8. The van der Waals surface area contributed by atoms with E-state index in [1.807, 2.05) is 24.3 Å². The van der Waals surface area contributed by atoms with Gasteiger partial charge in [-0.05, 0) is 17.5 Å². The number of benzene rings is 1. The van der Waals surface area contributed by atoms with Gasteiger partial charge in [0.05, 0.1) is 11.7 Å². The minimum absolute atomic E-state index is 0.0533. The number of amides is 1. The first kappa shape index (κ1) is 11.9. The van der Waals surface area contributed by atoms with E-state index in [1.54, 1.807) is 4.90 Å². The summed E-state index contributed by atoms with van der Waals surface area (Å²) in [5, 5.41) is 0. The monoisotopic (exact) mass is 234 g/mol. The summed E-state index contributed by atoms with van der Waals surface area (Å²) in [4.78, 5) is 13.4. The molecule has 1 amide bonds. The average Bonchev–Trinajstić information content (AvgIpc) is 2.70. The zero-order valence-corrected chi connectivity index (χ0v) is 10.2. The van der Waals surface area contributed by atoms with Crippen LogP contribution in [-0.2, 0) is 4.74 Å². The van der Waals surface area contributed by atoms with Crippen molar-refractivity contribution in [3.63, 3.8) is 0 Å². The van der Waals surface area contributed by atoms with E-state index < -0.39 is 0 Å². The number of rotatable bonds is 3. The highest BCUT2D eigenvalue weighted by Crippen LogP contribution is 2.31. The Morgan fingerprint density at radius 2 is 2.18 bits per heavy atom. The average molecular weight is 234 g/mol. The maximum absolute atomic E-state index is 11.8. The number of para-hydroxylation sites is 1. The maximum Gasteiger partial charge on any atom is 0.414 e. The fourth-order valence-corrected chi connectivity index (χ4v) is 2.12. The van der Waals surface area contributed by atoms with Crippen molar-refractivity contribution in [2.75, 3.05) is 18.1 Å². The van der Waals surface area contributed by atoms with Crippen molar-refractivity contribution in [1.29, 1.82) is 0 Å². The third kappa shape index (κ3) is 2.13. The highest BCUT2D eigenvalue weighted by atomic mass is 16.6. The first-order chi connectivity index (χ1) is 8.15. The quantitative estimate of drug-likeness (QED) is 0.871. The van der Waals surface area contributed by atoms with Crippen LogP contribution in [0.4, 0.5) is 10.5 Å². The molecule has 0 aliphatic carbocycles. The fraction of sp³-hybridized carbons (Fsp3) is 0.462. The molecule has 0 bridgehead atoms. The molecule has 1 saturated heterocycles. The molecular weight excluding hydrogens is 216 g/mol. The Balaban J connectivity index is 2.41. The molecule has 17 heavy (non-hydrogen) atoms. The van der Waals surface area contributed by atoms with Crippen molar-refractivity contribution in [2.24, 2.45) is 5.73 Å². The molecule has 1 unspecified atom stereocenters. The largest absolute Gasteiger partial charge is 0.447 e. The molecule has 1 aromatic rings. The summed E-state index contributed by atoms with van der Waals surface area (Å²) in [6.07, 6.45) is -0.298. The van der Waals surface area contributed by atoms with Crippen molar-refractivity contribution >= 4 is 11.8 Å². The Morgan fingerprint density at radius 3 is 2.82 bits per heavy atom. The van der Waals surface area contributed by atoms with Gasteiger partial charge in [-0.1, -0.05) is 32.0 Å².